The second-order valence-electron chi connectivity index (χ2n) is 2.19. The highest BCUT2D eigenvalue weighted by Crippen LogP contribution is 1.91. The Hall–Kier alpha value is -1.94. The van der Waals surface area contributed by atoms with Crippen LogP contribution in [0.4, 0.5) is 9.59 Å². The Bertz CT molecular complexity index is 253. The molecule has 15 heavy (non-hydrogen) atoms. The Morgan fingerprint density at radius 2 is 1.93 bits per heavy atom. The van der Waals surface area contributed by atoms with Gasteiger partial charge in [0.25, 0.3) is 0 Å². The maximum Gasteiger partial charge on any atom is 0.516 e. The van der Waals surface area contributed by atoms with Crippen molar-refractivity contribution in [1.29, 1.82) is 0 Å². The lowest BCUT2D eigenvalue weighted by molar-refractivity contribution is -0.0301. The van der Waals surface area contributed by atoms with Crippen LogP contribution in [-0.4, -0.2) is 25.7 Å². The van der Waals surface area contributed by atoms with Crippen LogP contribution in [0.25, 0.3) is 0 Å². The smallest absolute Gasteiger partial charge is 0.434 e. The summed E-state index contributed by atoms with van der Waals surface area (Å²) in [5.74, 6) is 0. The molecule has 6 nitrogen and oxygen atoms in total. The van der Waals surface area contributed by atoms with Crippen LogP contribution in [0, 0.1) is 0 Å². The van der Waals surface area contributed by atoms with E-state index >= 15 is 0 Å². The molecular weight excluding hydrogens is 204 g/mol. The first-order valence-corrected chi connectivity index (χ1v) is 4.18. The Morgan fingerprint density at radius 3 is 2.53 bits per heavy atom. The molecule has 0 aromatic carbocycles. The second-order valence-corrected chi connectivity index (χ2v) is 2.19. The van der Waals surface area contributed by atoms with E-state index < -0.39 is 19.1 Å². The standard InChI is InChI=1S/C9H12O6/c1-3-5-12-8(10)14-7-15-9(11)13-6-4-2/h5H,1,4,6-7H2,2H3. The van der Waals surface area contributed by atoms with E-state index in [1.54, 1.807) is 0 Å². The van der Waals surface area contributed by atoms with Gasteiger partial charge in [-0.3, -0.25) is 0 Å². The van der Waals surface area contributed by atoms with Gasteiger partial charge in [-0.25, -0.2) is 9.59 Å². The molecule has 0 aromatic heterocycles. The fourth-order valence-corrected chi connectivity index (χ4v) is 0.477. The summed E-state index contributed by atoms with van der Waals surface area (Å²) in [6.45, 7) is 4.68. The van der Waals surface area contributed by atoms with Gasteiger partial charge < -0.3 is 18.9 Å². The fraction of sp³-hybridized carbons (Fsp3) is 0.444. The van der Waals surface area contributed by atoms with Crippen molar-refractivity contribution < 1.29 is 28.5 Å². The van der Waals surface area contributed by atoms with Crippen LogP contribution in [0.2, 0.25) is 0 Å². The summed E-state index contributed by atoms with van der Waals surface area (Å²) in [5, 5.41) is 0. The number of carbonyl (C=O) groups excluding carboxylic acids is 2. The maximum absolute atomic E-state index is 10.7. The third kappa shape index (κ3) is 8.39. The van der Waals surface area contributed by atoms with Gasteiger partial charge in [0.2, 0.25) is 6.79 Å². The summed E-state index contributed by atoms with van der Waals surface area (Å²) in [7, 11) is 0. The third-order valence-electron chi connectivity index (χ3n) is 1.02. The van der Waals surface area contributed by atoms with Crippen molar-refractivity contribution in [1.82, 2.24) is 0 Å². The predicted molar refractivity (Wildman–Crippen MR) is 48.9 cm³/mol. The monoisotopic (exact) mass is 216 g/mol. The lowest BCUT2D eigenvalue weighted by Crippen LogP contribution is -2.13. The number of carbonyl (C=O) groups is 2. The quantitative estimate of drug-likeness (QED) is 0.303. The van der Waals surface area contributed by atoms with E-state index in [-0.39, 0.29) is 6.61 Å². The second kappa shape index (κ2) is 8.65. The molecule has 0 rings (SSSR count). The highest BCUT2D eigenvalue weighted by atomic mass is 16.8. The zero-order valence-corrected chi connectivity index (χ0v) is 8.36. The maximum atomic E-state index is 10.7. The number of hydrogen-bond acceptors (Lipinski definition) is 6. The highest BCUT2D eigenvalue weighted by Gasteiger charge is 2.06. The Morgan fingerprint density at radius 1 is 1.27 bits per heavy atom. The summed E-state index contributed by atoms with van der Waals surface area (Å²) >= 11 is 0. The van der Waals surface area contributed by atoms with Crippen molar-refractivity contribution in [2.75, 3.05) is 13.4 Å². The molecule has 0 saturated carbocycles. The van der Waals surface area contributed by atoms with Crippen molar-refractivity contribution in [3.8, 4) is 0 Å². The zero-order chi connectivity index (χ0) is 11.5. The van der Waals surface area contributed by atoms with Gasteiger partial charge in [-0.15, -0.1) is 0 Å². The van der Waals surface area contributed by atoms with E-state index in [9.17, 15) is 9.59 Å². The van der Waals surface area contributed by atoms with Gasteiger partial charge >= 0.3 is 12.3 Å². The minimum absolute atomic E-state index is 0.252. The molecule has 0 N–H and O–H groups in total. The van der Waals surface area contributed by atoms with Crippen LogP contribution in [0.5, 0.6) is 0 Å². The average molecular weight is 216 g/mol. The number of ether oxygens (including phenoxy) is 4. The van der Waals surface area contributed by atoms with Crippen molar-refractivity contribution in [3.05, 3.63) is 18.6 Å². The molecule has 0 amide bonds. The fourth-order valence-electron chi connectivity index (χ4n) is 0.477. The van der Waals surface area contributed by atoms with E-state index in [1.165, 1.54) is 0 Å². The first-order valence-electron chi connectivity index (χ1n) is 4.18. The summed E-state index contributed by atoms with van der Waals surface area (Å²) in [4.78, 5) is 21.3. The molecule has 0 aliphatic carbocycles. The van der Waals surface area contributed by atoms with E-state index in [4.69, 9.17) is 0 Å². The van der Waals surface area contributed by atoms with Gasteiger partial charge in [-0.05, 0) is 6.42 Å². The van der Waals surface area contributed by atoms with E-state index in [0.29, 0.717) is 6.42 Å². The minimum Gasteiger partial charge on any atom is -0.434 e. The van der Waals surface area contributed by atoms with Crippen LogP contribution in [-0.2, 0) is 18.9 Å². The van der Waals surface area contributed by atoms with Crippen LogP contribution in [0.15, 0.2) is 18.6 Å². The topological polar surface area (TPSA) is 71.1 Å². The molecule has 84 valence electrons. The van der Waals surface area contributed by atoms with Crippen molar-refractivity contribution in [3.63, 3.8) is 0 Å². The highest BCUT2D eigenvalue weighted by molar-refractivity contribution is 5.62. The van der Waals surface area contributed by atoms with Gasteiger partial charge in [-0.2, -0.15) is 0 Å². The predicted octanol–water partition coefficient (Wildman–Crippen LogP) is 1.96. The third-order valence-corrected chi connectivity index (χ3v) is 1.02. The average Bonchev–Trinajstić information content (AvgIpc) is 2.23. The molecule has 0 radical (unpaired) electrons. The van der Waals surface area contributed by atoms with Crippen LogP contribution >= 0.6 is 0 Å². The van der Waals surface area contributed by atoms with Crippen LogP contribution < -0.4 is 0 Å². The first kappa shape index (κ1) is 13.1. The zero-order valence-electron chi connectivity index (χ0n) is 8.36. The number of rotatable bonds is 5. The normalized spacial score (nSPS) is 8.33. The summed E-state index contributed by atoms with van der Waals surface area (Å²) < 4.78 is 17.5. The van der Waals surface area contributed by atoms with Gasteiger partial charge in [0.1, 0.15) is 6.26 Å². The molecule has 0 fully saturated rings. The van der Waals surface area contributed by atoms with Crippen molar-refractivity contribution >= 4 is 12.3 Å². The van der Waals surface area contributed by atoms with Crippen molar-refractivity contribution in [2.24, 2.45) is 0 Å². The number of hydrogen-bond donors (Lipinski definition) is 0. The molecule has 0 atom stereocenters. The lowest BCUT2D eigenvalue weighted by Gasteiger charge is -2.04. The molecule has 0 spiro atoms. The van der Waals surface area contributed by atoms with Gasteiger partial charge in [0, 0.05) is 0 Å². The van der Waals surface area contributed by atoms with Gasteiger partial charge in [0.15, 0.2) is 0 Å². The van der Waals surface area contributed by atoms with Crippen molar-refractivity contribution in [2.45, 2.75) is 13.3 Å². The molecule has 0 saturated heterocycles. The Labute approximate surface area is 87.1 Å². The molecule has 0 heterocycles. The Kier molecular flexibility index (Phi) is 7.53. The van der Waals surface area contributed by atoms with E-state index in [2.05, 4.69) is 31.3 Å². The van der Waals surface area contributed by atoms with Gasteiger partial charge in [-0.1, -0.05) is 19.2 Å². The molecule has 0 aromatic rings. The summed E-state index contributed by atoms with van der Waals surface area (Å²) in [6.07, 6.45) is -0.321. The van der Waals surface area contributed by atoms with E-state index in [1.807, 2.05) is 6.92 Å². The van der Waals surface area contributed by atoms with Crippen LogP contribution in [0.1, 0.15) is 13.3 Å². The summed E-state index contributed by atoms with van der Waals surface area (Å²) in [5.41, 5.74) is 2.20. The molecular formula is C9H12O6. The van der Waals surface area contributed by atoms with E-state index in [0.717, 1.165) is 6.26 Å². The first-order chi connectivity index (χ1) is 7.20. The largest absolute Gasteiger partial charge is 0.516 e. The molecule has 0 bridgehead atoms. The summed E-state index contributed by atoms with van der Waals surface area (Å²) in [6, 6.07) is 0. The SMILES string of the molecule is C=C=COC(=O)OCOC(=O)OCCC. The lowest BCUT2D eigenvalue weighted by atomic mass is 10.5. The van der Waals surface area contributed by atoms with Gasteiger partial charge in [0.05, 0.1) is 6.61 Å². The molecule has 0 unspecified atom stereocenters. The minimum atomic E-state index is -1.02. The van der Waals surface area contributed by atoms with Crippen LogP contribution in [0.3, 0.4) is 0 Å². The molecule has 0 aliphatic rings. The molecule has 6 heteroatoms. The Balaban J connectivity index is 3.47. The molecule has 0 aliphatic heterocycles.